The fourth-order valence-electron chi connectivity index (χ4n) is 3.08. The summed E-state index contributed by atoms with van der Waals surface area (Å²) in [7, 11) is 0. The Hall–Kier alpha value is -0.650. The van der Waals surface area contributed by atoms with Crippen molar-refractivity contribution < 1.29 is 0 Å². The average molecular weight is 247 g/mol. The summed E-state index contributed by atoms with van der Waals surface area (Å²) in [5.74, 6) is 0.764. The maximum atomic E-state index is 4.35. The van der Waals surface area contributed by atoms with E-state index in [-0.39, 0.29) is 5.41 Å². The van der Waals surface area contributed by atoms with Gasteiger partial charge < -0.3 is 0 Å². The summed E-state index contributed by atoms with van der Waals surface area (Å²) in [6.45, 7) is 18.3. The van der Waals surface area contributed by atoms with Gasteiger partial charge >= 0.3 is 0 Å². The Bertz CT molecular complexity index is 337. The molecule has 0 heteroatoms. The molecule has 0 aromatic rings. The Balaban J connectivity index is 2.85. The Morgan fingerprint density at radius 3 is 2.00 bits per heavy atom. The molecule has 102 valence electrons. The Kier molecular flexibility index (Phi) is 4.75. The van der Waals surface area contributed by atoms with Crippen LogP contribution in [0.25, 0.3) is 0 Å². The van der Waals surface area contributed by atoms with E-state index in [0.717, 1.165) is 12.3 Å². The van der Waals surface area contributed by atoms with Crippen LogP contribution in [0.4, 0.5) is 0 Å². The first kappa shape index (κ1) is 15.4. The van der Waals surface area contributed by atoms with E-state index < -0.39 is 0 Å². The van der Waals surface area contributed by atoms with Gasteiger partial charge in [-0.2, -0.15) is 0 Å². The first-order valence-electron chi connectivity index (χ1n) is 7.45. The zero-order valence-electron chi connectivity index (χ0n) is 13.3. The van der Waals surface area contributed by atoms with E-state index in [4.69, 9.17) is 0 Å². The lowest BCUT2D eigenvalue weighted by atomic mass is 9.70. The normalized spacial score (nSPS) is 20.4. The minimum Gasteiger partial charge on any atom is -0.0642 e. The van der Waals surface area contributed by atoms with Crippen molar-refractivity contribution in [2.24, 2.45) is 16.7 Å². The van der Waals surface area contributed by atoms with Crippen LogP contribution < -0.4 is 0 Å². The van der Waals surface area contributed by atoms with Gasteiger partial charge in [-0.15, -0.1) is 0 Å². The van der Waals surface area contributed by atoms with Gasteiger partial charge in [0, 0.05) is 0 Å². The molecule has 18 heavy (non-hydrogen) atoms. The van der Waals surface area contributed by atoms with Crippen LogP contribution in [0.5, 0.6) is 0 Å². The van der Waals surface area contributed by atoms with E-state index in [9.17, 15) is 0 Å². The van der Waals surface area contributed by atoms with E-state index in [1.807, 2.05) is 0 Å². The van der Waals surface area contributed by atoms with Crippen LogP contribution in [0, 0.1) is 23.7 Å². The monoisotopic (exact) mass is 247 g/mol. The van der Waals surface area contributed by atoms with Gasteiger partial charge in [-0.05, 0) is 49.5 Å². The minimum atomic E-state index is 0.129. The van der Waals surface area contributed by atoms with Crippen molar-refractivity contribution in [2.45, 2.75) is 67.2 Å². The van der Waals surface area contributed by atoms with Crippen molar-refractivity contribution in [3.05, 3.63) is 30.2 Å². The van der Waals surface area contributed by atoms with Crippen molar-refractivity contribution in [3.63, 3.8) is 0 Å². The third-order valence-corrected chi connectivity index (χ3v) is 4.49. The molecule has 0 amide bonds. The highest BCUT2D eigenvalue weighted by molar-refractivity contribution is 5.31. The summed E-state index contributed by atoms with van der Waals surface area (Å²) < 4.78 is 0. The molecule has 0 nitrogen and oxygen atoms in total. The fourth-order valence-corrected chi connectivity index (χ4v) is 3.08. The van der Waals surface area contributed by atoms with Crippen molar-refractivity contribution in [2.75, 3.05) is 0 Å². The molecule has 0 aromatic carbocycles. The minimum absolute atomic E-state index is 0.129. The summed E-state index contributed by atoms with van der Waals surface area (Å²) in [5, 5.41) is 0. The summed E-state index contributed by atoms with van der Waals surface area (Å²) in [6, 6.07) is 0. The molecule has 1 aliphatic carbocycles. The Labute approximate surface area is 115 Å². The number of allylic oxidation sites excluding steroid dienone is 4. The lowest BCUT2D eigenvalue weighted by Gasteiger charge is -2.33. The molecule has 1 unspecified atom stereocenters. The van der Waals surface area contributed by atoms with E-state index in [1.165, 1.54) is 24.8 Å². The molecule has 0 aromatic heterocycles. The lowest BCUT2D eigenvalue weighted by molar-refractivity contribution is 0.331. The van der Waals surface area contributed by atoms with Crippen LogP contribution in [0.3, 0.4) is 0 Å². The SMILES string of the molecule is [CH2+]C(C)(CC)C1=CC=C(C(C)(C)CC(C)C)CC1. The first-order chi connectivity index (χ1) is 8.19. The topological polar surface area (TPSA) is 0 Å². The Morgan fingerprint density at radius 2 is 1.61 bits per heavy atom. The second-order valence-corrected chi connectivity index (χ2v) is 7.28. The van der Waals surface area contributed by atoms with Gasteiger partial charge in [0.15, 0.2) is 0 Å². The molecule has 0 N–H and O–H groups in total. The van der Waals surface area contributed by atoms with Crippen LogP contribution >= 0.6 is 0 Å². The Morgan fingerprint density at radius 1 is 1.11 bits per heavy atom. The largest absolute Gasteiger partial charge is 0.123 e. The zero-order chi connectivity index (χ0) is 14.0. The third kappa shape index (κ3) is 3.67. The predicted molar refractivity (Wildman–Crippen MR) is 82.4 cm³/mol. The standard InChI is InChI=1S/C18H31/c1-8-17(4,5)15-9-11-16(12-10-15)18(6,7)13-14(2)3/h9,11,14H,4,8,10,12-13H2,1-3,5-7H3/q+1. The predicted octanol–water partition coefficient (Wildman–Crippen LogP) is 5.96. The molecule has 0 saturated carbocycles. The van der Waals surface area contributed by atoms with Crippen molar-refractivity contribution >= 4 is 0 Å². The molecule has 0 fully saturated rings. The third-order valence-electron chi connectivity index (χ3n) is 4.49. The first-order valence-corrected chi connectivity index (χ1v) is 7.45. The van der Waals surface area contributed by atoms with Crippen LogP contribution in [-0.4, -0.2) is 0 Å². The van der Waals surface area contributed by atoms with E-state index in [0.29, 0.717) is 5.41 Å². The van der Waals surface area contributed by atoms with E-state index >= 15 is 0 Å². The number of hydrogen-bond acceptors (Lipinski definition) is 0. The van der Waals surface area contributed by atoms with Crippen LogP contribution in [0.1, 0.15) is 67.2 Å². The highest BCUT2D eigenvalue weighted by Gasteiger charge is 2.32. The van der Waals surface area contributed by atoms with E-state index in [2.05, 4.69) is 60.6 Å². The van der Waals surface area contributed by atoms with Crippen molar-refractivity contribution in [1.29, 1.82) is 0 Å². The molecular formula is C18H31+. The van der Waals surface area contributed by atoms with Crippen molar-refractivity contribution in [3.8, 4) is 0 Å². The second-order valence-electron chi connectivity index (χ2n) is 7.28. The summed E-state index contributed by atoms with van der Waals surface area (Å²) in [6.07, 6.45) is 9.53. The van der Waals surface area contributed by atoms with Crippen LogP contribution in [-0.2, 0) is 0 Å². The van der Waals surface area contributed by atoms with Crippen LogP contribution in [0.15, 0.2) is 23.3 Å². The van der Waals surface area contributed by atoms with Gasteiger partial charge in [-0.3, -0.25) is 0 Å². The van der Waals surface area contributed by atoms with Crippen LogP contribution in [0.2, 0.25) is 0 Å². The van der Waals surface area contributed by atoms with Gasteiger partial charge in [-0.25, -0.2) is 0 Å². The van der Waals surface area contributed by atoms with Crippen molar-refractivity contribution in [1.82, 2.24) is 0 Å². The molecule has 0 spiro atoms. The smallest absolute Gasteiger partial charge is 0.0642 e. The van der Waals surface area contributed by atoms with Gasteiger partial charge in [0.25, 0.3) is 0 Å². The van der Waals surface area contributed by atoms with Gasteiger partial charge in [0.2, 0.25) is 0 Å². The summed E-state index contributed by atoms with van der Waals surface area (Å²) >= 11 is 0. The zero-order valence-corrected chi connectivity index (χ0v) is 13.3. The molecule has 1 atom stereocenters. The molecule has 0 heterocycles. The number of hydrogen-bond donors (Lipinski definition) is 0. The quantitative estimate of drug-likeness (QED) is 0.526. The maximum Gasteiger partial charge on any atom is 0.123 e. The number of rotatable bonds is 5. The molecule has 1 rings (SSSR count). The molecular weight excluding hydrogens is 216 g/mol. The lowest BCUT2D eigenvalue weighted by Crippen LogP contribution is -2.21. The molecule has 0 aliphatic heterocycles. The van der Waals surface area contributed by atoms with Gasteiger partial charge in [0.05, 0.1) is 6.92 Å². The summed E-state index contributed by atoms with van der Waals surface area (Å²) in [5.41, 5.74) is 3.62. The van der Waals surface area contributed by atoms with Gasteiger partial charge in [-0.1, -0.05) is 52.3 Å². The molecule has 0 saturated heterocycles. The van der Waals surface area contributed by atoms with Gasteiger partial charge in [0.1, 0.15) is 5.41 Å². The maximum absolute atomic E-state index is 4.35. The highest BCUT2D eigenvalue weighted by Crippen LogP contribution is 2.42. The van der Waals surface area contributed by atoms with E-state index in [1.54, 1.807) is 5.57 Å². The summed E-state index contributed by atoms with van der Waals surface area (Å²) in [4.78, 5) is 0. The fraction of sp³-hybridized carbons (Fsp3) is 0.722. The molecule has 1 aliphatic rings. The highest BCUT2D eigenvalue weighted by atomic mass is 14.3. The molecule has 0 bridgehead atoms. The molecule has 0 radical (unpaired) electrons. The average Bonchev–Trinajstić information content (AvgIpc) is 2.27. The second kappa shape index (κ2) is 5.55.